The first-order chi connectivity index (χ1) is 16.6. The third-order valence-corrected chi connectivity index (χ3v) is 6.58. The number of benzene rings is 3. The van der Waals surface area contributed by atoms with Crippen LogP contribution in [0.5, 0.6) is 17.2 Å². The van der Waals surface area contributed by atoms with Gasteiger partial charge in [0.05, 0.1) is 24.6 Å². The maximum Gasteiger partial charge on any atom is 0.260 e. The van der Waals surface area contributed by atoms with E-state index in [1.807, 2.05) is 55.5 Å². The molecule has 0 N–H and O–H groups in total. The quantitative estimate of drug-likeness (QED) is 0.260. The number of thiazole rings is 1. The predicted octanol–water partition coefficient (Wildman–Crippen LogP) is 6.85. The number of nitrogens with zero attached hydrogens (tertiary/aromatic N) is 2. The second-order valence-corrected chi connectivity index (χ2v) is 8.65. The van der Waals surface area contributed by atoms with Crippen molar-refractivity contribution in [3.8, 4) is 17.2 Å². The van der Waals surface area contributed by atoms with E-state index in [4.69, 9.17) is 18.9 Å². The Hall–Kier alpha value is -4.10. The number of carbonyl (C=O) groups is 1. The lowest BCUT2D eigenvalue weighted by Gasteiger charge is -2.19. The van der Waals surface area contributed by atoms with Gasteiger partial charge in [0, 0.05) is 5.56 Å². The van der Waals surface area contributed by atoms with Gasteiger partial charge in [0.15, 0.2) is 5.13 Å². The Morgan fingerprint density at radius 1 is 0.971 bits per heavy atom. The minimum Gasteiger partial charge on any atom is -0.494 e. The molecule has 0 fully saturated rings. The number of para-hydroxylation sites is 1. The topological polar surface area (TPSA) is 64.8 Å². The molecule has 34 heavy (non-hydrogen) atoms. The fraction of sp³-hybridized carbons (Fsp3) is 0.111. The van der Waals surface area contributed by atoms with Crippen molar-refractivity contribution in [2.45, 2.75) is 13.5 Å². The maximum absolute atomic E-state index is 13.6. The van der Waals surface area contributed by atoms with E-state index in [2.05, 4.69) is 0 Å². The van der Waals surface area contributed by atoms with Crippen LogP contribution < -0.4 is 14.4 Å². The summed E-state index contributed by atoms with van der Waals surface area (Å²) in [6.07, 6.45) is 1.60. The SMILES string of the molecule is COc1ccc(C)c2sc(N(Cc3ccco3)C(=O)c3ccc(Oc4ccccc4)cc3)nc12. The number of hydrogen-bond donors (Lipinski definition) is 0. The molecule has 0 aliphatic rings. The van der Waals surface area contributed by atoms with E-state index in [0.29, 0.717) is 28.0 Å². The number of ether oxygens (including phenoxy) is 2. The van der Waals surface area contributed by atoms with E-state index in [-0.39, 0.29) is 12.5 Å². The summed E-state index contributed by atoms with van der Waals surface area (Å²) in [7, 11) is 1.62. The first-order valence-electron chi connectivity index (χ1n) is 10.7. The zero-order chi connectivity index (χ0) is 23.5. The van der Waals surface area contributed by atoms with Gasteiger partial charge in [-0.05, 0) is 67.1 Å². The normalized spacial score (nSPS) is 10.9. The van der Waals surface area contributed by atoms with E-state index in [1.54, 1.807) is 48.6 Å². The molecule has 0 aliphatic carbocycles. The summed E-state index contributed by atoms with van der Waals surface area (Å²) < 4.78 is 17.9. The smallest absolute Gasteiger partial charge is 0.260 e. The third-order valence-electron chi connectivity index (χ3n) is 5.36. The van der Waals surface area contributed by atoms with E-state index < -0.39 is 0 Å². The van der Waals surface area contributed by atoms with E-state index in [1.165, 1.54) is 11.3 Å². The van der Waals surface area contributed by atoms with Gasteiger partial charge in [-0.1, -0.05) is 35.6 Å². The van der Waals surface area contributed by atoms with Crippen molar-refractivity contribution < 1.29 is 18.7 Å². The molecule has 3 aromatic carbocycles. The molecule has 0 radical (unpaired) electrons. The van der Waals surface area contributed by atoms with Crippen molar-refractivity contribution in [3.05, 3.63) is 102 Å². The van der Waals surface area contributed by atoms with Crippen LogP contribution in [0.2, 0.25) is 0 Å². The van der Waals surface area contributed by atoms with Crippen molar-refractivity contribution in [3.63, 3.8) is 0 Å². The Balaban J connectivity index is 1.48. The zero-order valence-corrected chi connectivity index (χ0v) is 19.5. The number of aryl methyl sites for hydroxylation is 1. The fourth-order valence-electron chi connectivity index (χ4n) is 3.61. The summed E-state index contributed by atoms with van der Waals surface area (Å²) in [6.45, 7) is 2.28. The Morgan fingerprint density at radius 3 is 2.44 bits per heavy atom. The van der Waals surface area contributed by atoms with Crippen LogP contribution in [-0.4, -0.2) is 18.0 Å². The summed E-state index contributed by atoms with van der Waals surface area (Å²) in [5, 5.41) is 0.577. The van der Waals surface area contributed by atoms with Crippen LogP contribution in [0.25, 0.3) is 10.2 Å². The Bertz CT molecular complexity index is 1410. The number of rotatable bonds is 7. The van der Waals surface area contributed by atoms with Gasteiger partial charge in [0.2, 0.25) is 0 Å². The van der Waals surface area contributed by atoms with Crippen LogP contribution in [0, 0.1) is 6.92 Å². The summed E-state index contributed by atoms with van der Waals surface area (Å²) in [4.78, 5) is 20.0. The Labute approximate surface area is 201 Å². The van der Waals surface area contributed by atoms with Crippen LogP contribution in [0.4, 0.5) is 5.13 Å². The lowest BCUT2D eigenvalue weighted by molar-refractivity contribution is 0.0983. The molecular formula is C27H22N2O4S. The summed E-state index contributed by atoms with van der Waals surface area (Å²) >= 11 is 1.46. The molecule has 170 valence electrons. The van der Waals surface area contributed by atoms with Gasteiger partial charge in [-0.2, -0.15) is 0 Å². The minimum absolute atomic E-state index is 0.182. The van der Waals surface area contributed by atoms with Crippen molar-refractivity contribution in [2.24, 2.45) is 0 Å². The van der Waals surface area contributed by atoms with Crippen molar-refractivity contribution in [2.75, 3.05) is 12.0 Å². The molecule has 0 spiro atoms. The summed E-state index contributed by atoms with van der Waals surface area (Å²) in [5.41, 5.74) is 2.34. The van der Waals surface area contributed by atoms with Gasteiger partial charge in [0.1, 0.15) is 28.5 Å². The average molecular weight is 471 g/mol. The van der Waals surface area contributed by atoms with Crippen LogP contribution in [0.1, 0.15) is 21.7 Å². The van der Waals surface area contributed by atoms with Crippen molar-refractivity contribution in [1.82, 2.24) is 4.98 Å². The second-order valence-electron chi connectivity index (χ2n) is 7.67. The highest BCUT2D eigenvalue weighted by Gasteiger charge is 2.24. The summed E-state index contributed by atoms with van der Waals surface area (Å²) in [5.74, 6) is 2.55. The highest BCUT2D eigenvalue weighted by Crippen LogP contribution is 2.37. The number of furan rings is 1. The molecule has 5 rings (SSSR count). The molecule has 5 aromatic rings. The maximum atomic E-state index is 13.6. The average Bonchev–Trinajstić information content (AvgIpc) is 3.54. The highest BCUT2D eigenvalue weighted by molar-refractivity contribution is 7.22. The number of carbonyl (C=O) groups excluding carboxylic acids is 1. The molecule has 2 heterocycles. The number of amides is 1. The largest absolute Gasteiger partial charge is 0.494 e. The first kappa shape index (κ1) is 21.7. The molecule has 2 aromatic heterocycles. The van der Waals surface area contributed by atoms with Crippen molar-refractivity contribution >= 4 is 32.6 Å². The molecule has 0 saturated heterocycles. The fourth-order valence-corrected chi connectivity index (χ4v) is 4.66. The van der Waals surface area contributed by atoms with E-state index >= 15 is 0 Å². The number of aromatic nitrogens is 1. The number of fused-ring (bicyclic) bond motifs is 1. The first-order valence-corrected chi connectivity index (χ1v) is 11.6. The molecule has 1 amide bonds. The molecule has 0 unspecified atom stereocenters. The van der Waals surface area contributed by atoms with Crippen LogP contribution >= 0.6 is 11.3 Å². The number of anilines is 1. The third kappa shape index (κ3) is 4.38. The van der Waals surface area contributed by atoms with Gasteiger partial charge in [-0.25, -0.2) is 4.98 Å². The molecule has 7 heteroatoms. The van der Waals surface area contributed by atoms with Crippen molar-refractivity contribution in [1.29, 1.82) is 0 Å². The summed E-state index contributed by atoms with van der Waals surface area (Å²) in [6, 6.07) is 24.1. The van der Waals surface area contributed by atoms with Gasteiger partial charge in [-0.3, -0.25) is 9.69 Å². The Morgan fingerprint density at radius 2 is 1.74 bits per heavy atom. The van der Waals surface area contributed by atoms with Crippen LogP contribution in [0.15, 0.2) is 89.5 Å². The Kier molecular flexibility index (Phi) is 6.01. The lowest BCUT2D eigenvalue weighted by Crippen LogP contribution is -2.30. The van der Waals surface area contributed by atoms with E-state index in [9.17, 15) is 4.79 Å². The standard InChI is InChI=1S/C27H22N2O4S/c1-18-10-15-23(31-2)24-25(18)34-27(28-24)29(17-22-9-6-16-32-22)26(30)19-11-13-21(14-12-19)33-20-7-4-3-5-8-20/h3-16H,17H2,1-2H3. The van der Waals surface area contributed by atoms with Gasteiger partial charge < -0.3 is 13.9 Å². The number of methoxy groups -OCH3 is 1. The van der Waals surface area contributed by atoms with E-state index in [0.717, 1.165) is 21.5 Å². The molecule has 6 nitrogen and oxygen atoms in total. The lowest BCUT2D eigenvalue weighted by atomic mass is 10.2. The molecule has 0 bridgehead atoms. The number of hydrogen-bond acceptors (Lipinski definition) is 6. The molecule has 0 aliphatic heterocycles. The minimum atomic E-state index is -0.182. The van der Waals surface area contributed by atoms with Gasteiger partial charge >= 0.3 is 0 Å². The van der Waals surface area contributed by atoms with Crippen LogP contribution in [-0.2, 0) is 6.54 Å². The predicted molar refractivity (Wildman–Crippen MR) is 133 cm³/mol. The van der Waals surface area contributed by atoms with Gasteiger partial charge in [0.25, 0.3) is 5.91 Å². The van der Waals surface area contributed by atoms with Crippen LogP contribution in [0.3, 0.4) is 0 Å². The second kappa shape index (κ2) is 9.41. The molecular weight excluding hydrogens is 448 g/mol. The highest BCUT2D eigenvalue weighted by atomic mass is 32.1. The zero-order valence-electron chi connectivity index (χ0n) is 18.7. The molecule has 0 saturated carbocycles. The van der Waals surface area contributed by atoms with Gasteiger partial charge in [-0.15, -0.1) is 0 Å². The molecule has 0 atom stereocenters. The monoisotopic (exact) mass is 470 g/mol.